The van der Waals surface area contributed by atoms with Crippen LogP contribution in [0.1, 0.15) is 69.3 Å². The number of nitrogens with one attached hydrogen (secondary N) is 2. The molecule has 2 aromatic carbocycles. The molecule has 1 fully saturated rings. The Kier molecular flexibility index (Phi) is 6.89. The van der Waals surface area contributed by atoms with Crippen LogP contribution in [0.15, 0.2) is 60.0 Å². The van der Waals surface area contributed by atoms with Gasteiger partial charge in [0.05, 0.1) is 28.7 Å². The SMILES string of the molecule is Cc1ccc(C2CC(=O)Nc3cc(C(=O)NC4CCCCC4N)ccc3N2C(=O)c2cccs2)cc1. The molecule has 2 aliphatic rings. The van der Waals surface area contributed by atoms with Gasteiger partial charge < -0.3 is 16.4 Å². The highest BCUT2D eigenvalue weighted by atomic mass is 32.1. The molecular weight excluding hydrogens is 472 g/mol. The summed E-state index contributed by atoms with van der Waals surface area (Å²) in [5.41, 5.74) is 9.62. The van der Waals surface area contributed by atoms with Gasteiger partial charge in [-0.3, -0.25) is 19.3 Å². The van der Waals surface area contributed by atoms with Gasteiger partial charge in [-0.2, -0.15) is 0 Å². The average molecular weight is 503 g/mol. The highest BCUT2D eigenvalue weighted by Crippen LogP contribution is 2.40. The summed E-state index contributed by atoms with van der Waals surface area (Å²) in [4.78, 5) is 42.1. The maximum Gasteiger partial charge on any atom is 0.268 e. The second-order valence-corrected chi connectivity index (χ2v) is 10.5. The van der Waals surface area contributed by atoms with Gasteiger partial charge in [-0.25, -0.2) is 0 Å². The summed E-state index contributed by atoms with van der Waals surface area (Å²) in [6.45, 7) is 2.00. The third-order valence-electron chi connectivity index (χ3n) is 7.03. The van der Waals surface area contributed by atoms with E-state index in [1.54, 1.807) is 29.2 Å². The van der Waals surface area contributed by atoms with E-state index >= 15 is 0 Å². The maximum absolute atomic E-state index is 13.8. The van der Waals surface area contributed by atoms with Crippen LogP contribution >= 0.6 is 11.3 Å². The van der Waals surface area contributed by atoms with E-state index in [-0.39, 0.29) is 36.2 Å². The van der Waals surface area contributed by atoms with Crippen LogP contribution in [0.2, 0.25) is 0 Å². The van der Waals surface area contributed by atoms with Crippen LogP contribution in [0.3, 0.4) is 0 Å². The van der Waals surface area contributed by atoms with Crippen molar-refractivity contribution in [2.75, 3.05) is 10.2 Å². The summed E-state index contributed by atoms with van der Waals surface area (Å²) in [6.07, 6.45) is 3.97. The predicted molar refractivity (Wildman–Crippen MR) is 142 cm³/mol. The van der Waals surface area contributed by atoms with E-state index in [0.717, 1.165) is 36.8 Å². The second kappa shape index (κ2) is 10.2. The van der Waals surface area contributed by atoms with Crippen molar-refractivity contribution in [1.82, 2.24) is 5.32 Å². The highest BCUT2D eigenvalue weighted by Gasteiger charge is 2.35. The lowest BCUT2D eigenvalue weighted by molar-refractivity contribution is -0.116. The van der Waals surface area contributed by atoms with Gasteiger partial charge in [-0.05, 0) is 55.0 Å². The van der Waals surface area contributed by atoms with Crippen LogP contribution in [0.5, 0.6) is 0 Å². The zero-order chi connectivity index (χ0) is 25.2. The van der Waals surface area contributed by atoms with E-state index in [2.05, 4.69) is 10.6 Å². The molecular formula is C28H30N4O3S. The monoisotopic (exact) mass is 502 g/mol. The van der Waals surface area contributed by atoms with Crippen LogP contribution in [0.4, 0.5) is 11.4 Å². The molecule has 1 aliphatic carbocycles. The number of benzene rings is 2. The first-order valence-corrected chi connectivity index (χ1v) is 13.2. The summed E-state index contributed by atoms with van der Waals surface area (Å²) < 4.78 is 0. The Morgan fingerprint density at radius 1 is 1.08 bits per heavy atom. The molecule has 7 nitrogen and oxygen atoms in total. The molecule has 4 N–H and O–H groups in total. The molecule has 1 aliphatic heterocycles. The van der Waals surface area contributed by atoms with E-state index in [0.29, 0.717) is 21.8 Å². The van der Waals surface area contributed by atoms with Gasteiger partial charge in [0.15, 0.2) is 0 Å². The lowest BCUT2D eigenvalue weighted by Gasteiger charge is -2.31. The number of rotatable bonds is 4. The van der Waals surface area contributed by atoms with Gasteiger partial charge in [0.25, 0.3) is 11.8 Å². The van der Waals surface area contributed by atoms with Crippen molar-refractivity contribution in [3.63, 3.8) is 0 Å². The molecule has 5 rings (SSSR count). The van der Waals surface area contributed by atoms with Gasteiger partial charge in [0.2, 0.25) is 5.91 Å². The molecule has 0 bridgehead atoms. The molecule has 3 unspecified atom stereocenters. The Labute approximate surface area is 214 Å². The fraction of sp³-hybridized carbons (Fsp3) is 0.321. The Hall–Kier alpha value is -3.49. The molecule has 1 saturated carbocycles. The number of thiophene rings is 1. The Bertz CT molecular complexity index is 1270. The van der Waals surface area contributed by atoms with Crippen molar-refractivity contribution in [1.29, 1.82) is 0 Å². The van der Waals surface area contributed by atoms with E-state index in [4.69, 9.17) is 5.73 Å². The van der Waals surface area contributed by atoms with Gasteiger partial charge >= 0.3 is 0 Å². The predicted octanol–water partition coefficient (Wildman–Crippen LogP) is 4.79. The summed E-state index contributed by atoms with van der Waals surface area (Å²) in [7, 11) is 0. The van der Waals surface area contributed by atoms with Crippen LogP contribution in [-0.4, -0.2) is 29.8 Å². The Balaban J connectivity index is 1.53. The van der Waals surface area contributed by atoms with Gasteiger partial charge in [-0.15, -0.1) is 11.3 Å². The fourth-order valence-electron chi connectivity index (χ4n) is 5.04. The molecule has 0 radical (unpaired) electrons. The number of nitrogens with zero attached hydrogens (tertiary/aromatic N) is 1. The molecule has 1 aromatic heterocycles. The Morgan fingerprint density at radius 2 is 1.86 bits per heavy atom. The van der Waals surface area contributed by atoms with Gasteiger partial charge in [0.1, 0.15) is 0 Å². The topological polar surface area (TPSA) is 105 Å². The third kappa shape index (κ3) is 4.92. The number of hydrogen-bond acceptors (Lipinski definition) is 5. The van der Waals surface area contributed by atoms with Crippen LogP contribution in [0, 0.1) is 6.92 Å². The Morgan fingerprint density at radius 3 is 2.58 bits per heavy atom. The van der Waals surface area contributed by atoms with Crippen molar-refractivity contribution in [2.24, 2.45) is 5.73 Å². The van der Waals surface area contributed by atoms with Crippen molar-refractivity contribution < 1.29 is 14.4 Å². The van der Waals surface area contributed by atoms with Crippen LogP contribution in [0.25, 0.3) is 0 Å². The quantitative estimate of drug-likeness (QED) is 0.477. The standard InChI is InChI=1S/C28H30N4O3S/c1-17-8-10-18(11-9-17)24-16-26(33)30-22-15-19(27(34)31-21-6-3-2-5-20(21)29)12-13-23(22)32(24)28(35)25-7-4-14-36-25/h4,7-15,20-21,24H,2-3,5-6,16,29H2,1H3,(H,30,33)(H,31,34). The van der Waals surface area contributed by atoms with Gasteiger partial charge in [0, 0.05) is 17.6 Å². The highest BCUT2D eigenvalue weighted by molar-refractivity contribution is 7.12. The minimum atomic E-state index is -0.485. The van der Waals surface area contributed by atoms with E-state index < -0.39 is 6.04 Å². The lowest BCUT2D eigenvalue weighted by atomic mass is 9.91. The van der Waals surface area contributed by atoms with Crippen molar-refractivity contribution in [3.05, 3.63) is 81.5 Å². The first kappa shape index (κ1) is 24.2. The number of anilines is 2. The zero-order valence-electron chi connectivity index (χ0n) is 20.2. The smallest absolute Gasteiger partial charge is 0.268 e. The van der Waals surface area contributed by atoms with Crippen LogP contribution < -0.4 is 21.3 Å². The molecule has 3 aromatic rings. The van der Waals surface area contributed by atoms with Crippen molar-refractivity contribution in [2.45, 2.75) is 57.2 Å². The van der Waals surface area contributed by atoms with Crippen molar-refractivity contribution in [3.8, 4) is 0 Å². The van der Waals surface area contributed by atoms with Crippen molar-refractivity contribution >= 4 is 40.4 Å². The van der Waals surface area contributed by atoms with E-state index in [1.165, 1.54) is 11.3 Å². The molecule has 0 saturated heterocycles. The minimum Gasteiger partial charge on any atom is -0.348 e. The molecule has 0 spiro atoms. The summed E-state index contributed by atoms with van der Waals surface area (Å²) in [5, 5.41) is 7.86. The molecule has 8 heteroatoms. The number of carbonyl (C=O) groups is 3. The lowest BCUT2D eigenvalue weighted by Crippen LogP contribution is -2.49. The van der Waals surface area contributed by atoms with E-state index in [1.807, 2.05) is 42.6 Å². The van der Waals surface area contributed by atoms with Crippen LogP contribution in [-0.2, 0) is 4.79 Å². The fourth-order valence-corrected chi connectivity index (χ4v) is 5.70. The number of fused-ring (bicyclic) bond motifs is 1. The summed E-state index contributed by atoms with van der Waals surface area (Å²) >= 11 is 1.36. The second-order valence-electron chi connectivity index (χ2n) is 9.59. The van der Waals surface area contributed by atoms with Gasteiger partial charge in [-0.1, -0.05) is 48.7 Å². The number of amides is 3. The normalized spacial score (nSPS) is 21.8. The maximum atomic E-state index is 13.8. The first-order valence-electron chi connectivity index (χ1n) is 12.3. The summed E-state index contributed by atoms with van der Waals surface area (Å²) in [6, 6.07) is 16.0. The largest absolute Gasteiger partial charge is 0.348 e. The zero-order valence-corrected chi connectivity index (χ0v) is 21.0. The molecule has 2 heterocycles. The first-order chi connectivity index (χ1) is 17.4. The number of nitrogens with two attached hydrogens (primary N) is 1. The average Bonchev–Trinajstić information content (AvgIpc) is 3.36. The number of hydrogen-bond donors (Lipinski definition) is 3. The molecule has 3 amide bonds. The van der Waals surface area contributed by atoms with E-state index in [9.17, 15) is 14.4 Å². The number of aryl methyl sites for hydroxylation is 1. The molecule has 186 valence electrons. The minimum absolute atomic E-state index is 0.0580. The third-order valence-corrected chi connectivity index (χ3v) is 7.89. The summed E-state index contributed by atoms with van der Waals surface area (Å²) in [5.74, 6) is -0.626. The molecule has 36 heavy (non-hydrogen) atoms. The number of carbonyl (C=O) groups excluding carboxylic acids is 3. The molecule has 3 atom stereocenters.